The second-order valence-corrected chi connectivity index (χ2v) is 6.04. The second kappa shape index (κ2) is 7.44. The molecule has 23 heavy (non-hydrogen) atoms. The second-order valence-electron chi connectivity index (χ2n) is 4.74. The summed E-state index contributed by atoms with van der Waals surface area (Å²) in [4.78, 5) is 4.21. The molecule has 0 unspecified atom stereocenters. The van der Waals surface area contributed by atoms with E-state index in [0.29, 0.717) is 28.6 Å². The number of phenolic OH excluding ortho intramolecular Hbond substituents is 1. The monoisotopic (exact) mass is 392 g/mol. The van der Waals surface area contributed by atoms with E-state index < -0.39 is 0 Å². The Labute approximate surface area is 148 Å². The largest absolute Gasteiger partial charge is 0.507 e. The van der Waals surface area contributed by atoms with Gasteiger partial charge in [0.1, 0.15) is 17.0 Å². The number of halogens is 2. The Bertz CT molecular complexity index is 801. The van der Waals surface area contributed by atoms with Gasteiger partial charge in [-0.15, -0.1) is 0 Å². The molecule has 0 spiro atoms. The number of phenols is 1. The Morgan fingerprint density at radius 3 is 2.87 bits per heavy atom. The minimum atomic E-state index is 0.115. The molecular formula is C16H14BrClN4O. The molecule has 0 radical (unpaired) electrons. The van der Waals surface area contributed by atoms with Crippen LogP contribution in [0.5, 0.6) is 5.75 Å². The van der Waals surface area contributed by atoms with Gasteiger partial charge in [0.2, 0.25) is 0 Å². The lowest BCUT2D eigenvalue weighted by Gasteiger charge is -2.18. The van der Waals surface area contributed by atoms with Gasteiger partial charge in [-0.3, -0.25) is 0 Å². The van der Waals surface area contributed by atoms with Crippen LogP contribution < -0.4 is 5.01 Å². The minimum absolute atomic E-state index is 0.115. The Morgan fingerprint density at radius 2 is 2.22 bits per heavy atom. The molecule has 0 amide bonds. The smallest absolute Gasteiger partial charge is 0.168 e. The van der Waals surface area contributed by atoms with Crippen molar-refractivity contribution in [2.45, 2.75) is 13.8 Å². The zero-order valence-corrected chi connectivity index (χ0v) is 14.9. The molecule has 0 aliphatic carbocycles. The number of hydrogen-bond acceptors (Lipinski definition) is 5. The molecule has 1 heterocycles. The molecule has 0 saturated carbocycles. The van der Waals surface area contributed by atoms with E-state index in [2.05, 4.69) is 32.1 Å². The number of nitrogens with zero attached hydrogens (tertiary/aromatic N) is 4. The lowest BCUT2D eigenvalue weighted by Crippen LogP contribution is -2.19. The summed E-state index contributed by atoms with van der Waals surface area (Å²) in [6.07, 6.45) is 1.52. The maximum atomic E-state index is 9.86. The summed E-state index contributed by atoms with van der Waals surface area (Å²) in [6.45, 7) is 4.18. The van der Waals surface area contributed by atoms with Crippen molar-refractivity contribution in [3.05, 3.63) is 50.6 Å². The standard InChI is InChI=1S/C16H14BrClN4O/c1-3-22(16-13(8-19)10(2)6-15(18)21-16)20-9-11-7-12(17)4-5-14(11)23/h4-7,9,23H,3H2,1-2H3. The van der Waals surface area contributed by atoms with E-state index >= 15 is 0 Å². The van der Waals surface area contributed by atoms with Crippen LogP contribution in [0.4, 0.5) is 5.82 Å². The predicted octanol–water partition coefficient (Wildman–Crippen LogP) is 4.24. The third kappa shape index (κ3) is 4.01. The van der Waals surface area contributed by atoms with Crippen LogP contribution in [-0.4, -0.2) is 22.8 Å². The van der Waals surface area contributed by atoms with E-state index in [4.69, 9.17) is 11.6 Å². The minimum Gasteiger partial charge on any atom is -0.507 e. The zero-order valence-electron chi connectivity index (χ0n) is 12.6. The summed E-state index contributed by atoms with van der Waals surface area (Å²) in [5, 5.41) is 25.4. The van der Waals surface area contributed by atoms with Gasteiger partial charge in [0.25, 0.3) is 0 Å². The van der Waals surface area contributed by atoms with Gasteiger partial charge in [-0.05, 0) is 43.7 Å². The van der Waals surface area contributed by atoms with Crippen molar-refractivity contribution in [1.29, 1.82) is 5.26 Å². The first kappa shape index (κ1) is 17.3. The number of hydrazone groups is 1. The Balaban J connectivity index is 2.43. The summed E-state index contributed by atoms with van der Waals surface area (Å²) in [5.74, 6) is 0.509. The molecule has 2 aromatic rings. The van der Waals surface area contributed by atoms with Gasteiger partial charge in [0.15, 0.2) is 5.82 Å². The number of nitriles is 1. The summed E-state index contributed by atoms with van der Waals surface area (Å²) < 4.78 is 0.828. The van der Waals surface area contributed by atoms with Gasteiger partial charge in [-0.1, -0.05) is 27.5 Å². The molecular weight excluding hydrogens is 380 g/mol. The SMILES string of the molecule is CCN(N=Cc1cc(Br)ccc1O)c1nc(Cl)cc(C)c1C#N. The maximum Gasteiger partial charge on any atom is 0.168 e. The van der Waals surface area contributed by atoms with Crippen molar-refractivity contribution >= 4 is 39.6 Å². The van der Waals surface area contributed by atoms with Crippen LogP contribution in [-0.2, 0) is 0 Å². The van der Waals surface area contributed by atoms with E-state index in [1.165, 1.54) is 6.21 Å². The number of aromatic hydroxyl groups is 1. The molecule has 1 N–H and O–H groups in total. The summed E-state index contributed by atoms with van der Waals surface area (Å²) in [7, 11) is 0. The number of aromatic nitrogens is 1. The number of benzene rings is 1. The lowest BCUT2D eigenvalue weighted by atomic mass is 10.1. The van der Waals surface area contributed by atoms with Gasteiger partial charge in [-0.2, -0.15) is 10.4 Å². The molecule has 0 atom stereocenters. The van der Waals surface area contributed by atoms with Crippen molar-refractivity contribution in [1.82, 2.24) is 4.98 Å². The van der Waals surface area contributed by atoms with Crippen molar-refractivity contribution in [3.8, 4) is 11.8 Å². The average Bonchev–Trinajstić information content (AvgIpc) is 2.50. The van der Waals surface area contributed by atoms with E-state index in [-0.39, 0.29) is 5.75 Å². The normalized spacial score (nSPS) is 10.7. The number of aryl methyl sites for hydroxylation is 1. The fourth-order valence-electron chi connectivity index (χ4n) is 1.99. The highest BCUT2D eigenvalue weighted by molar-refractivity contribution is 9.10. The lowest BCUT2D eigenvalue weighted by molar-refractivity contribution is 0.474. The predicted molar refractivity (Wildman–Crippen MR) is 95.1 cm³/mol. The summed E-state index contributed by atoms with van der Waals surface area (Å²) in [5.41, 5.74) is 1.71. The van der Waals surface area contributed by atoms with Gasteiger partial charge < -0.3 is 5.11 Å². The number of pyridine rings is 1. The van der Waals surface area contributed by atoms with Crippen LogP contribution in [0.2, 0.25) is 5.15 Å². The van der Waals surface area contributed by atoms with Gasteiger partial charge in [0, 0.05) is 16.6 Å². The molecule has 1 aromatic carbocycles. The van der Waals surface area contributed by atoms with E-state index in [9.17, 15) is 10.4 Å². The van der Waals surface area contributed by atoms with Gasteiger partial charge in [-0.25, -0.2) is 9.99 Å². The highest BCUT2D eigenvalue weighted by Crippen LogP contribution is 2.25. The van der Waals surface area contributed by atoms with Gasteiger partial charge >= 0.3 is 0 Å². The quantitative estimate of drug-likeness (QED) is 0.479. The molecule has 1 aromatic heterocycles. The first-order chi connectivity index (χ1) is 11.0. The third-order valence-corrected chi connectivity index (χ3v) is 3.83. The molecule has 0 fully saturated rings. The first-order valence-corrected chi connectivity index (χ1v) is 8.00. The van der Waals surface area contributed by atoms with Crippen LogP contribution in [0, 0.1) is 18.3 Å². The Morgan fingerprint density at radius 1 is 1.48 bits per heavy atom. The first-order valence-electron chi connectivity index (χ1n) is 6.83. The number of rotatable bonds is 4. The van der Waals surface area contributed by atoms with E-state index in [1.54, 1.807) is 36.2 Å². The molecule has 5 nitrogen and oxygen atoms in total. The molecule has 118 valence electrons. The fraction of sp³-hybridized carbons (Fsp3) is 0.188. The summed E-state index contributed by atoms with van der Waals surface area (Å²) in [6, 6.07) is 8.83. The molecule has 0 bridgehead atoms. The van der Waals surface area contributed by atoms with Crippen LogP contribution in [0.15, 0.2) is 33.8 Å². The average molecular weight is 394 g/mol. The van der Waals surface area contributed by atoms with Crippen molar-refractivity contribution in [2.75, 3.05) is 11.6 Å². The number of hydrogen-bond donors (Lipinski definition) is 1. The molecule has 0 aliphatic heterocycles. The molecule has 7 heteroatoms. The topological polar surface area (TPSA) is 72.5 Å². The number of anilines is 1. The molecule has 2 rings (SSSR count). The summed E-state index contributed by atoms with van der Waals surface area (Å²) >= 11 is 9.35. The van der Waals surface area contributed by atoms with Crippen LogP contribution >= 0.6 is 27.5 Å². The van der Waals surface area contributed by atoms with Crippen molar-refractivity contribution in [2.24, 2.45) is 5.10 Å². The molecule has 0 saturated heterocycles. The van der Waals surface area contributed by atoms with E-state index in [0.717, 1.165) is 10.0 Å². The van der Waals surface area contributed by atoms with Crippen molar-refractivity contribution in [3.63, 3.8) is 0 Å². The Kier molecular flexibility index (Phi) is 5.59. The maximum absolute atomic E-state index is 9.86. The van der Waals surface area contributed by atoms with Crippen LogP contribution in [0.3, 0.4) is 0 Å². The van der Waals surface area contributed by atoms with Crippen molar-refractivity contribution < 1.29 is 5.11 Å². The zero-order chi connectivity index (χ0) is 17.0. The van der Waals surface area contributed by atoms with E-state index in [1.807, 2.05) is 6.92 Å². The fourth-order valence-corrected chi connectivity index (χ4v) is 2.61. The Hall–Kier alpha value is -2.10. The van der Waals surface area contributed by atoms with Gasteiger partial charge in [0.05, 0.1) is 11.8 Å². The van der Waals surface area contributed by atoms with Crippen LogP contribution in [0.1, 0.15) is 23.6 Å². The van der Waals surface area contributed by atoms with Crippen LogP contribution in [0.25, 0.3) is 0 Å². The molecule has 0 aliphatic rings. The third-order valence-electron chi connectivity index (χ3n) is 3.15. The highest BCUT2D eigenvalue weighted by Gasteiger charge is 2.14. The highest BCUT2D eigenvalue weighted by atomic mass is 79.9.